The summed E-state index contributed by atoms with van der Waals surface area (Å²) in [6.07, 6.45) is 0.675. The predicted octanol–water partition coefficient (Wildman–Crippen LogP) is 4.53. The third-order valence-corrected chi connectivity index (χ3v) is 7.06. The van der Waals surface area contributed by atoms with Gasteiger partial charge in [0.1, 0.15) is 0 Å². The maximum atomic E-state index is 13.5. The first kappa shape index (κ1) is 26.4. The highest BCUT2D eigenvalue weighted by molar-refractivity contribution is 5.92. The van der Waals surface area contributed by atoms with E-state index in [1.54, 1.807) is 24.3 Å². The van der Waals surface area contributed by atoms with E-state index in [1.165, 1.54) is 4.90 Å². The summed E-state index contributed by atoms with van der Waals surface area (Å²) in [6, 6.07) is 23.6. The van der Waals surface area contributed by atoms with Gasteiger partial charge in [0.05, 0.1) is 19.1 Å². The fourth-order valence-electron chi connectivity index (χ4n) is 5.00. The van der Waals surface area contributed by atoms with Crippen LogP contribution < -0.4 is 10.6 Å². The normalized spacial score (nSPS) is 20.5. The van der Waals surface area contributed by atoms with Crippen molar-refractivity contribution in [1.82, 2.24) is 10.2 Å². The van der Waals surface area contributed by atoms with E-state index in [2.05, 4.69) is 10.6 Å². The van der Waals surface area contributed by atoms with E-state index in [9.17, 15) is 14.4 Å². The quantitative estimate of drug-likeness (QED) is 0.426. The number of amides is 3. The number of nitrogens with zero attached hydrogens (tertiary/aromatic N) is 1. The Morgan fingerprint density at radius 3 is 2.51 bits per heavy atom. The lowest BCUT2D eigenvalue weighted by Crippen LogP contribution is -2.47. The van der Waals surface area contributed by atoms with Crippen LogP contribution in [-0.2, 0) is 32.0 Å². The predicted molar refractivity (Wildman–Crippen MR) is 147 cm³/mol. The summed E-state index contributed by atoms with van der Waals surface area (Å²) in [4.78, 5) is 40.8. The zero-order valence-corrected chi connectivity index (χ0v) is 22.0. The maximum Gasteiger partial charge on any atom is 0.411 e. The first-order chi connectivity index (χ1) is 19.0. The van der Waals surface area contributed by atoms with Crippen LogP contribution in [0.1, 0.15) is 41.2 Å². The maximum absolute atomic E-state index is 13.5. The van der Waals surface area contributed by atoms with Crippen LogP contribution >= 0.6 is 0 Å². The molecule has 2 aliphatic heterocycles. The summed E-state index contributed by atoms with van der Waals surface area (Å²) < 4.78 is 11.5. The van der Waals surface area contributed by atoms with Crippen molar-refractivity contribution in [3.8, 4) is 0 Å². The number of anilines is 1. The monoisotopic (exact) mass is 527 g/mol. The fraction of sp³-hybridized carbons (Fsp3) is 0.323. The summed E-state index contributed by atoms with van der Waals surface area (Å²) >= 11 is 0. The summed E-state index contributed by atoms with van der Waals surface area (Å²) in [5.41, 5.74) is 4.12. The Balaban J connectivity index is 1.35. The fourth-order valence-corrected chi connectivity index (χ4v) is 5.00. The molecular formula is C31H33N3O5. The van der Waals surface area contributed by atoms with Gasteiger partial charge in [-0.15, -0.1) is 0 Å². The second-order valence-corrected chi connectivity index (χ2v) is 10.1. The minimum atomic E-state index is -0.879. The molecule has 3 amide bonds. The number of carbonyl (C=O) groups is 3. The number of rotatable bonds is 9. The summed E-state index contributed by atoms with van der Waals surface area (Å²) in [5.74, 6) is -0.458. The van der Waals surface area contributed by atoms with Gasteiger partial charge in [0, 0.05) is 18.8 Å². The van der Waals surface area contributed by atoms with Gasteiger partial charge in [-0.3, -0.25) is 14.5 Å². The minimum Gasteiger partial charge on any atom is -0.438 e. The number of ether oxygens (including phenoxy) is 2. The lowest BCUT2D eigenvalue weighted by molar-refractivity contribution is -0.127. The zero-order valence-electron chi connectivity index (χ0n) is 22.0. The molecule has 3 aromatic carbocycles. The Kier molecular flexibility index (Phi) is 8.22. The third-order valence-electron chi connectivity index (χ3n) is 7.06. The highest BCUT2D eigenvalue weighted by atomic mass is 16.6. The van der Waals surface area contributed by atoms with E-state index < -0.39 is 18.2 Å². The Bertz CT molecular complexity index is 1310. The lowest BCUT2D eigenvalue weighted by atomic mass is 9.99. The van der Waals surface area contributed by atoms with E-state index >= 15 is 0 Å². The van der Waals surface area contributed by atoms with Gasteiger partial charge in [-0.05, 0) is 48.6 Å². The van der Waals surface area contributed by atoms with Crippen molar-refractivity contribution in [3.05, 3.63) is 101 Å². The highest BCUT2D eigenvalue weighted by Gasteiger charge is 2.47. The SMILES string of the molecule is Cc1ccc(CN2C(=O)O[C@H](c3cccc(NC(=O)Cc4ccccc4)c3)[C@H]2C(=O)NC[C@@H]2CCCO2)cc1. The molecule has 0 radical (unpaired) electrons. The van der Waals surface area contributed by atoms with Crippen LogP contribution in [0.25, 0.3) is 0 Å². The van der Waals surface area contributed by atoms with Gasteiger partial charge in [-0.1, -0.05) is 72.3 Å². The van der Waals surface area contributed by atoms with Crippen LogP contribution in [0, 0.1) is 6.92 Å². The number of carbonyl (C=O) groups excluding carboxylic acids is 3. The van der Waals surface area contributed by atoms with E-state index in [1.807, 2.05) is 61.5 Å². The van der Waals surface area contributed by atoms with E-state index in [-0.39, 0.29) is 30.9 Å². The third kappa shape index (κ3) is 6.64. The van der Waals surface area contributed by atoms with Gasteiger partial charge in [0.2, 0.25) is 11.8 Å². The average molecular weight is 528 g/mol. The van der Waals surface area contributed by atoms with E-state index in [4.69, 9.17) is 9.47 Å². The van der Waals surface area contributed by atoms with Crippen molar-refractivity contribution in [1.29, 1.82) is 0 Å². The summed E-state index contributed by atoms with van der Waals surface area (Å²) in [6.45, 7) is 3.30. The molecule has 2 heterocycles. The molecule has 0 unspecified atom stereocenters. The Labute approximate surface area is 228 Å². The molecule has 202 valence electrons. The van der Waals surface area contributed by atoms with Crippen LogP contribution in [0.5, 0.6) is 0 Å². The van der Waals surface area contributed by atoms with Gasteiger partial charge >= 0.3 is 6.09 Å². The van der Waals surface area contributed by atoms with Crippen LogP contribution in [-0.4, -0.2) is 48.1 Å². The Morgan fingerprint density at radius 1 is 0.974 bits per heavy atom. The molecule has 3 atom stereocenters. The Hall–Kier alpha value is -4.17. The molecule has 8 nitrogen and oxygen atoms in total. The largest absolute Gasteiger partial charge is 0.438 e. The van der Waals surface area contributed by atoms with Crippen molar-refractivity contribution in [2.24, 2.45) is 0 Å². The van der Waals surface area contributed by atoms with Crippen molar-refractivity contribution < 1.29 is 23.9 Å². The standard InChI is InChI=1S/C31H33N3O5/c1-21-12-14-23(15-13-21)20-34-28(30(36)32-19-26-11-6-16-38-26)29(39-31(34)37)24-9-5-10-25(18-24)33-27(35)17-22-7-3-2-4-8-22/h2-5,7-10,12-15,18,26,28-29H,6,11,16-17,19-20H2,1H3,(H,32,36)(H,33,35)/t26-,28-,29+/m0/s1. The number of nitrogens with one attached hydrogen (secondary N) is 2. The van der Waals surface area contributed by atoms with Crippen LogP contribution in [0.2, 0.25) is 0 Å². The molecule has 0 bridgehead atoms. The average Bonchev–Trinajstić information content (AvgIpc) is 3.57. The molecule has 0 aliphatic carbocycles. The van der Waals surface area contributed by atoms with Crippen LogP contribution in [0.4, 0.5) is 10.5 Å². The molecule has 3 aromatic rings. The van der Waals surface area contributed by atoms with Crippen molar-refractivity contribution in [2.45, 2.75) is 51.0 Å². The summed E-state index contributed by atoms with van der Waals surface area (Å²) in [7, 11) is 0. The van der Waals surface area contributed by atoms with Crippen molar-refractivity contribution in [2.75, 3.05) is 18.5 Å². The molecule has 2 saturated heterocycles. The minimum absolute atomic E-state index is 0.0286. The molecule has 0 saturated carbocycles. The smallest absolute Gasteiger partial charge is 0.411 e. The molecule has 2 fully saturated rings. The van der Waals surface area contributed by atoms with Gasteiger partial charge in [0.15, 0.2) is 12.1 Å². The highest BCUT2D eigenvalue weighted by Crippen LogP contribution is 2.35. The molecule has 0 aromatic heterocycles. The lowest BCUT2D eigenvalue weighted by Gasteiger charge is -2.25. The molecule has 8 heteroatoms. The molecule has 2 aliphatic rings. The number of hydrogen-bond acceptors (Lipinski definition) is 5. The molecule has 39 heavy (non-hydrogen) atoms. The first-order valence-electron chi connectivity index (χ1n) is 13.3. The summed E-state index contributed by atoms with van der Waals surface area (Å²) in [5, 5.41) is 5.90. The second-order valence-electron chi connectivity index (χ2n) is 10.1. The topological polar surface area (TPSA) is 97.0 Å². The van der Waals surface area contributed by atoms with E-state index in [0.717, 1.165) is 29.5 Å². The second kappa shape index (κ2) is 12.1. The van der Waals surface area contributed by atoms with Gasteiger partial charge in [-0.2, -0.15) is 0 Å². The number of benzene rings is 3. The zero-order chi connectivity index (χ0) is 27.2. The van der Waals surface area contributed by atoms with Crippen LogP contribution in [0.3, 0.4) is 0 Å². The Morgan fingerprint density at radius 2 is 1.77 bits per heavy atom. The number of hydrogen-bond donors (Lipinski definition) is 2. The van der Waals surface area contributed by atoms with Crippen molar-refractivity contribution >= 4 is 23.6 Å². The van der Waals surface area contributed by atoms with Gasteiger partial charge < -0.3 is 20.1 Å². The van der Waals surface area contributed by atoms with Crippen LogP contribution in [0.15, 0.2) is 78.9 Å². The van der Waals surface area contributed by atoms with Gasteiger partial charge in [0.25, 0.3) is 0 Å². The molecule has 0 spiro atoms. The van der Waals surface area contributed by atoms with Gasteiger partial charge in [-0.25, -0.2) is 4.79 Å². The molecule has 2 N–H and O–H groups in total. The number of aryl methyl sites for hydroxylation is 1. The van der Waals surface area contributed by atoms with E-state index in [0.29, 0.717) is 24.4 Å². The molecule has 5 rings (SSSR count). The van der Waals surface area contributed by atoms with Crippen molar-refractivity contribution in [3.63, 3.8) is 0 Å². The molecular weight excluding hydrogens is 494 g/mol. The first-order valence-corrected chi connectivity index (χ1v) is 13.3. The number of cyclic esters (lactones) is 1.